The van der Waals surface area contributed by atoms with Gasteiger partial charge in [0.2, 0.25) is 5.75 Å². The largest absolute Gasteiger partial charge is 0.471 e. The molecular formula is C19H21FN4O2. The minimum Gasteiger partial charge on any atom is -0.471 e. The number of rotatable bonds is 6. The Morgan fingerprint density at radius 3 is 2.54 bits per heavy atom. The van der Waals surface area contributed by atoms with Crippen molar-refractivity contribution in [1.29, 1.82) is 0 Å². The molecule has 2 heterocycles. The SMILES string of the molecule is CCc1cnc(-n2nc(OC(C)C)c(Oc3cccc(F)c3)c2C)nc1. The molecule has 0 unspecified atom stereocenters. The first-order chi connectivity index (χ1) is 12.5. The van der Waals surface area contributed by atoms with Crippen LogP contribution >= 0.6 is 0 Å². The van der Waals surface area contributed by atoms with E-state index in [9.17, 15) is 4.39 Å². The molecule has 0 N–H and O–H groups in total. The predicted molar refractivity (Wildman–Crippen MR) is 95.5 cm³/mol. The molecule has 3 rings (SSSR count). The molecule has 6 nitrogen and oxygen atoms in total. The first kappa shape index (κ1) is 17.8. The third-order valence-corrected chi connectivity index (χ3v) is 3.68. The van der Waals surface area contributed by atoms with Crippen LogP contribution in [0.3, 0.4) is 0 Å². The van der Waals surface area contributed by atoms with Crippen LogP contribution < -0.4 is 9.47 Å². The second-order valence-electron chi connectivity index (χ2n) is 6.10. The highest BCUT2D eigenvalue weighted by atomic mass is 19.1. The molecule has 0 atom stereocenters. The summed E-state index contributed by atoms with van der Waals surface area (Å²) in [5, 5.41) is 4.44. The molecule has 0 bridgehead atoms. The standard InChI is InChI=1S/C19H21FN4O2/c1-5-14-10-21-19(22-11-14)24-13(4)17(18(23-24)25-12(2)3)26-16-8-6-7-15(20)9-16/h6-12H,5H2,1-4H3. The van der Waals surface area contributed by atoms with Gasteiger partial charge in [-0.1, -0.05) is 13.0 Å². The van der Waals surface area contributed by atoms with Crippen LogP contribution in [-0.4, -0.2) is 25.9 Å². The van der Waals surface area contributed by atoms with Crippen LogP contribution in [0.5, 0.6) is 17.4 Å². The summed E-state index contributed by atoms with van der Waals surface area (Å²) in [7, 11) is 0. The highest BCUT2D eigenvalue weighted by Gasteiger charge is 2.22. The lowest BCUT2D eigenvalue weighted by atomic mass is 10.3. The monoisotopic (exact) mass is 356 g/mol. The van der Waals surface area contributed by atoms with Crippen LogP contribution in [-0.2, 0) is 6.42 Å². The van der Waals surface area contributed by atoms with Crippen molar-refractivity contribution in [2.75, 3.05) is 0 Å². The quantitative estimate of drug-likeness (QED) is 0.661. The third-order valence-electron chi connectivity index (χ3n) is 3.68. The molecule has 3 aromatic rings. The first-order valence-electron chi connectivity index (χ1n) is 8.49. The fourth-order valence-electron chi connectivity index (χ4n) is 2.36. The zero-order valence-corrected chi connectivity index (χ0v) is 15.2. The number of ether oxygens (including phenoxy) is 2. The Morgan fingerprint density at radius 2 is 1.92 bits per heavy atom. The van der Waals surface area contributed by atoms with Gasteiger partial charge in [-0.3, -0.25) is 0 Å². The number of hydrogen-bond donors (Lipinski definition) is 0. The fraction of sp³-hybridized carbons (Fsp3) is 0.316. The molecule has 0 aliphatic heterocycles. The van der Waals surface area contributed by atoms with Crippen LogP contribution in [0, 0.1) is 12.7 Å². The number of aryl methyl sites for hydroxylation is 1. The Balaban J connectivity index is 2.02. The van der Waals surface area contributed by atoms with Gasteiger partial charge in [-0.25, -0.2) is 14.4 Å². The minimum atomic E-state index is -0.377. The van der Waals surface area contributed by atoms with Crippen LogP contribution in [0.1, 0.15) is 32.0 Å². The summed E-state index contributed by atoms with van der Waals surface area (Å²) in [5.41, 5.74) is 1.70. The van der Waals surface area contributed by atoms with Gasteiger partial charge < -0.3 is 9.47 Å². The lowest BCUT2D eigenvalue weighted by Crippen LogP contribution is -2.08. The van der Waals surface area contributed by atoms with Crippen molar-refractivity contribution in [2.45, 2.75) is 40.2 Å². The van der Waals surface area contributed by atoms with E-state index in [0.29, 0.717) is 29.0 Å². The Bertz CT molecular complexity index is 891. The van der Waals surface area contributed by atoms with Gasteiger partial charge in [0.25, 0.3) is 11.8 Å². The summed E-state index contributed by atoms with van der Waals surface area (Å²) < 4.78 is 26.7. The fourth-order valence-corrected chi connectivity index (χ4v) is 2.36. The first-order valence-corrected chi connectivity index (χ1v) is 8.49. The van der Waals surface area contributed by atoms with E-state index in [4.69, 9.17) is 9.47 Å². The Kier molecular flexibility index (Phi) is 5.16. The minimum absolute atomic E-state index is 0.101. The maximum Gasteiger partial charge on any atom is 0.277 e. The van der Waals surface area contributed by atoms with Crippen molar-refractivity contribution in [2.24, 2.45) is 0 Å². The highest BCUT2D eigenvalue weighted by Crippen LogP contribution is 2.36. The van der Waals surface area contributed by atoms with Crippen LogP contribution in [0.25, 0.3) is 5.95 Å². The van der Waals surface area contributed by atoms with Crippen molar-refractivity contribution in [3.8, 4) is 23.3 Å². The highest BCUT2D eigenvalue weighted by molar-refractivity contribution is 5.44. The van der Waals surface area contributed by atoms with Crippen molar-refractivity contribution < 1.29 is 13.9 Å². The zero-order chi connectivity index (χ0) is 18.7. The van der Waals surface area contributed by atoms with Crippen molar-refractivity contribution >= 4 is 0 Å². The molecule has 0 amide bonds. The molecule has 7 heteroatoms. The molecular weight excluding hydrogens is 335 g/mol. The topological polar surface area (TPSA) is 62.1 Å². The second kappa shape index (κ2) is 7.51. The normalized spacial score (nSPS) is 11.0. The summed E-state index contributed by atoms with van der Waals surface area (Å²) in [6.07, 6.45) is 4.28. The zero-order valence-electron chi connectivity index (χ0n) is 15.2. The summed E-state index contributed by atoms with van der Waals surface area (Å²) >= 11 is 0. The Labute approximate surface area is 151 Å². The third kappa shape index (κ3) is 3.82. The lowest BCUT2D eigenvalue weighted by Gasteiger charge is -2.10. The molecule has 0 saturated heterocycles. The van der Waals surface area contributed by atoms with Crippen LogP contribution in [0.4, 0.5) is 4.39 Å². The molecule has 0 fully saturated rings. The van der Waals surface area contributed by atoms with Crippen molar-refractivity contribution in [1.82, 2.24) is 19.7 Å². The van der Waals surface area contributed by atoms with Crippen LogP contribution in [0.2, 0.25) is 0 Å². The van der Waals surface area contributed by atoms with Gasteiger partial charge in [-0.05, 0) is 44.9 Å². The van der Waals surface area contributed by atoms with E-state index in [1.54, 1.807) is 29.2 Å². The molecule has 1 aromatic carbocycles. The van der Waals surface area contributed by atoms with Gasteiger partial charge in [0.15, 0.2) is 0 Å². The summed E-state index contributed by atoms with van der Waals surface area (Å²) in [4.78, 5) is 8.71. The number of nitrogens with zero attached hydrogens (tertiary/aromatic N) is 4. The average molecular weight is 356 g/mol. The van der Waals surface area contributed by atoms with E-state index < -0.39 is 0 Å². The van der Waals surface area contributed by atoms with Gasteiger partial charge in [0, 0.05) is 18.5 Å². The van der Waals surface area contributed by atoms with Crippen LogP contribution in [0.15, 0.2) is 36.7 Å². The molecule has 136 valence electrons. The van der Waals surface area contributed by atoms with Gasteiger partial charge in [0.1, 0.15) is 11.6 Å². The maximum atomic E-state index is 13.5. The number of aromatic nitrogens is 4. The van der Waals surface area contributed by atoms with E-state index in [1.165, 1.54) is 12.1 Å². The predicted octanol–water partition coefficient (Wildman–Crippen LogP) is 4.25. The second-order valence-corrected chi connectivity index (χ2v) is 6.10. The van der Waals surface area contributed by atoms with Gasteiger partial charge >= 0.3 is 0 Å². The number of halogens is 1. The smallest absolute Gasteiger partial charge is 0.277 e. The Morgan fingerprint density at radius 1 is 1.19 bits per heavy atom. The van der Waals surface area contributed by atoms with E-state index in [-0.39, 0.29) is 11.9 Å². The summed E-state index contributed by atoms with van der Waals surface area (Å²) in [6.45, 7) is 7.66. The van der Waals surface area contributed by atoms with E-state index in [1.807, 2.05) is 27.7 Å². The van der Waals surface area contributed by atoms with Gasteiger partial charge in [0.05, 0.1) is 11.8 Å². The molecule has 2 aromatic heterocycles. The maximum absolute atomic E-state index is 13.5. The number of hydrogen-bond acceptors (Lipinski definition) is 5. The van der Waals surface area contributed by atoms with Crippen molar-refractivity contribution in [3.05, 3.63) is 53.7 Å². The molecule has 0 radical (unpaired) electrons. The average Bonchev–Trinajstić information content (AvgIpc) is 2.91. The van der Waals surface area contributed by atoms with E-state index in [0.717, 1.165) is 12.0 Å². The van der Waals surface area contributed by atoms with E-state index >= 15 is 0 Å². The van der Waals surface area contributed by atoms with E-state index in [2.05, 4.69) is 15.1 Å². The summed E-state index contributed by atoms with van der Waals surface area (Å²) in [5.74, 6) is 1.13. The van der Waals surface area contributed by atoms with Gasteiger partial charge in [-0.15, -0.1) is 5.10 Å². The molecule has 0 aliphatic carbocycles. The van der Waals surface area contributed by atoms with Crippen molar-refractivity contribution in [3.63, 3.8) is 0 Å². The lowest BCUT2D eigenvalue weighted by molar-refractivity contribution is 0.223. The Hall–Kier alpha value is -2.96. The molecule has 0 spiro atoms. The molecule has 0 saturated carbocycles. The number of benzene rings is 1. The molecule has 0 aliphatic rings. The van der Waals surface area contributed by atoms with Gasteiger partial charge in [-0.2, -0.15) is 4.68 Å². The molecule has 26 heavy (non-hydrogen) atoms. The summed E-state index contributed by atoms with van der Waals surface area (Å²) in [6, 6.07) is 5.92.